The third-order valence-corrected chi connectivity index (χ3v) is 3.40. The second-order valence-electron chi connectivity index (χ2n) is 5.11. The zero-order valence-corrected chi connectivity index (χ0v) is 12.7. The normalized spacial score (nSPS) is 10.4. The van der Waals surface area contributed by atoms with Crippen molar-refractivity contribution in [2.24, 2.45) is 0 Å². The minimum Gasteiger partial charge on any atom is -0.465 e. The summed E-state index contributed by atoms with van der Waals surface area (Å²) in [5.41, 5.74) is 5.29. The van der Waals surface area contributed by atoms with Crippen molar-refractivity contribution in [3.05, 3.63) is 70.3 Å². The third kappa shape index (κ3) is 4.17. The molecular weight excluding hydrogens is 264 g/mol. The number of methoxy groups -OCH3 is 1. The van der Waals surface area contributed by atoms with Gasteiger partial charge in [-0.1, -0.05) is 35.9 Å². The standard InChI is InChI=1S/C18H20O3/c1-13-4-7-17(14(2)10-13)12-21-11-15-5-8-16(9-6-15)18(19)20-3/h4-10H,11-12H2,1-3H3. The second-order valence-corrected chi connectivity index (χ2v) is 5.11. The molecule has 110 valence electrons. The zero-order chi connectivity index (χ0) is 15.2. The molecule has 2 aromatic carbocycles. The van der Waals surface area contributed by atoms with E-state index < -0.39 is 0 Å². The molecule has 21 heavy (non-hydrogen) atoms. The lowest BCUT2D eigenvalue weighted by Gasteiger charge is -2.08. The number of carbonyl (C=O) groups is 1. The predicted octanol–water partition coefficient (Wildman–Crippen LogP) is 3.81. The second kappa shape index (κ2) is 7.04. The van der Waals surface area contributed by atoms with Crippen LogP contribution in [0, 0.1) is 13.8 Å². The molecule has 0 atom stereocenters. The lowest BCUT2D eigenvalue weighted by Crippen LogP contribution is -2.01. The van der Waals surface area contributed by atoms with E-state index in [1.54, 1.807) is 12.1 Å². The number of esters is 1. The van der Waals surface area contributed by atoms with Crippen molar-refractivity contribution in [1.82, 2.24) is 0 Å². The number of hydrogen-bond donors (Lipinski definition) is 0. The van der Waals surface area contributed by atoms with Gasteiger partial charge >= 0.3 is 5.97 Å². The zero-order valence-electron chi connectivity index (χ0n) is 12.7. The van der Waals surface area contributed by atoms with Gasteiger partial charge in [-0.25, -0.2) is 4.79 Å². The van der Waals surface area contributed by atoms with E-state index in [1.807, 2.05) is 12.1 Å². The number of hydrogen-bond acceptors (Lipinski definition) is 3. The Morgan fingerprint density at radius 1 is 1.00 bits per heavy atom. The van der Waals surface area contributed by atoms with Crippen LogP contribution < -0.4 is 0 Å². The molecule has 0 radical (unpaired) electrons. The lowest BCUT2D eigenvalue weighted by atomic mass is 10.1. The molecule has 3 heteroatoms. The average molecular weight is 284 g/mol. The van der Waals surface area contributed by atoms with Crippen LogP contribution in [0.3, 0.4) is 0 Å². The van der Waals surface area contributed by atoms with Crippen LogP contribution in [0.15, 0.2) is 42.5 Å². The van der Waals surface area contributed by atoms with Crippen LogP contribution in [-0.2, 0) is 22.7 Å². The molecule has 0 heterocycles. The first kappa shape index (κ1) is 15.3. The Morgan fingerprint density at radius 3 is 2.33 bits per heavy atom. The number of aryl methyl sites for hydroxylation is 2. The molecule has 2 rings (SSSR count). The fourth-order valence-corrected chi connectivity index (χ4v) is 2.14. The largest absolute Gasteiger partial charge is 0.465 e. The Balaban J connectivity index is 1.90. The molecule has 0 aliphatic rings. The Kier molecular flexibility index (Phi) is 5.12. The highest BCUT2D eigenvalue weighted by Crippen LogP contribution is 2.13. The van der Waals surface area contributed by atoms with Crippen LogP contribution in [0.1, 0.15) is 32.6 Å². The molecule has 0 aromatic heterocycles. The van der Waals surface area contributed by atoms with Crippen molar-refractivity contribution in [2.75, 3.05) is 7.11 Å². The highest BCUT2D eigenvalue weighted by atomic mass is 16.5. The Morgan fingerprint density at radius 2 is 1.71 bits per heavy atom. The van der Waals surface area contributed by atoms with E-state index in [1.165, 1.54) is 23.8 Å². The molecule has 0 saturated heterocycles. The smallest absolute Gasteiger partial charge is 0.337 e. The van der Waals surface area contributed by atoms with E-state index in [2.05, 4.69) is 36.8 Å². The first-order valence-corrected chi connectivity index (χ1v) is 6.91. The van der Waals surface area contributed by atoms with Crippen molar-refractivity contribution in [1.29, 1.82) is 0 Å². The summed E-state index contributed by atoms with van der Waals surface area (Å²) in [6.07, 6.45) is 0. The first-order chi connectivity index (χ1) is 10.1. The van der Waals surface area contributed by atoms with E-state index in [0.717, 1.165) is 5.56 Å². The molecule has 0 aliphatic heterocycles. The van der Waals surface area contributed by atoms with Gasteiger partial charge in [-0.2, -0.15) is 0 Å². The van der Waals surface area contributed by atoms with Crippen LogP contribution in [-0.4, -0.2) is 13.1 Å². The number of carbonyl (C=O) groups excluding carboxylic acids is 1. The first-order valence-electron chi connectivity index (χ1n) is 6.91. The van der Waals surface area contributed by atoms with Gasteiger partial charge in [0.15, 0.2) is 0 Å². The maximum atomic E-state index is 11.3. The Labute approximate surface area is 125 Å². The van der Waals surface area contributed by atoms with Crippen molar-refractivity contribution in [3.8, 4) is 0 Å². The molecule has 0 aliphatic carbocycles. The summed E-state index contributed by atoms with van der Waals surface area (Å²) in [6, 6.07) is 13.6. The lowest BCUT2D eigenvalue weighted by molar-refractivity contribution is 0.0600. The van der Waals surface area contributed by atoms with Crippen molar-refractivity contribution in [2.45, 2.75) is 27.1 Å². The quantitative estimate of drug-likeness (QED) is 0.783. The summed E-state index contributed by atoms with van der Waals surface area (Å²) in [7, 11) is 1.38. The molecule has 0 unspecified atom stereocenters. The number of benzene rings is 2. The van der Waals surface area contributed by atoms with Crippen LogP contribution in [0.5, 0.6) is 0 Å². The molecule has 0 spiro atoms. The van der Waals surface area contributed by atoms with E-state index in [4.69, 9.17) is 4.74 Å². The van der Waals surface area contributed by atoms with Crippen LogP contribution in [0.4, 0.5) is 0 Å². The summed E-state index contributed by atoms with van der Waals surface area (Å²) >= 11 is 0. The van der Waals surface area contributed by atoms with Crippen LogP contribution in [0.25, 0.3) is 0 Å². The predicted molar refractivity (Wildman–Crippen MR) is 82.2 cm³/mol. The van der Waals surface area contributed by atoms with Gasteiger partial charge in [-0.05, 0) is 42.7 Å². The fraction of sp³-hybridized carbons (Fsp3) is 0.278. The molecule has 2 aromatic rings. The van der Waals surface area contributed by atoms with Crippen molar-refractivity contribution < 1.29 is 14.3 Å². The minimum absolute atomic E-state index is 0.322. The van der Waals surface area contributed by atoms with E-state index in [9.17, 15) is 4.79 Å². The van der Waals surface area contributed by atoms with Crippen LogP contribution in [0.2, 0.25) is 0 Å². The van der Waals surface area contributed by atoms with Gasteiger partial charge in [0.2, 0.25) is 0 Å². The fourth-order valence-electron chi connectivity index (χ4n) is 2.14. The topological polar surface area (TPSA) is 35.5 Å². The molecule has 3 nitrogen and oxygen atoms in total. The SMILES string of the molecule is COC(=O)c1ccc(COCc2ccc(C)cc2C)cc1. The summed E-state index contributed by atoms with van der Waals surface area (Å²) in [5.74, 6) is -0.322. The van der Waals surface area contributed by atoms with E-state index in [0.29, 0.717) is 18.8 Å². The van der Waals surface area contributed by atoms with E-state index >= 15 is 0 Å². The van der Waals surface area contributed by atoms with Gasteiger partial charge in [0.1, 0.15) is 0 Å². The summed E-state index contributed by atoms with van der Waals surface area (Å²) in [4.78, 5) is 11.3. The Bertz CT molecular complexity index is 615. The highest BCUT2D eigenvalue weighted by Gasteiger charge is 2.04. The molecular formula is C18H20O3. The van der Waals surface area contributed by atoms with Gasteiger partial charge < -0.3 is 9.47 Å². The number of rotatable bonds is 5. The van der Waals surface area contributed by atoms with Gasteiger partial charge in [0.25, 0.3) is 0 Å². The summed E-state index contributed by atoms with van der Waals surface area (Å²) < 4.78 is 10.4. The molecule has 0 amide bonds. The highest BCUT2D eigenvalue weighted by molar-refractivity contribution is 5.89. The molecule has 0 N–H and O–H groups in total. The van der Waals surface area contributed by atoms with Gasteiger partial charge in [-0.3, -0.25) is 0 Å². The summed E-state index contributed by atoms with van der Waals surface area (Å²) in [6.45, 7) is 5.29. The molecule has 0 bridgehead atoms. The van der Waals surface area contributed by atoms with Gasteiger partial charge in [-0.15, -0.1) is 0 Å². The van der Waals surface area contributed by atoms with Gasteiger partial charge in [0.05, 0.1) is 25.9 Å². The van der Waals surface area contributed by atoms with Crippen LogP contribution >= 0.6 is 0 Å². The molecule has 0 saturated carbocycles. The molecule has 0 fully saturated rings. The summed E-state index contributed by atoms with van der Waals surface area (Å²) in [5, 5.41) is 0. The number of ether oxygens (including phenoxy) is 2. The minimum atomic E-state index is -0.322. The van der Waals surface area contributed by atoms with Crippen molar-refractivity contribution in [3.63, 3.8) is 0 Å². The maximum Gasteiger partial charge on any atom is 0.337 e. The maximum absolute atomic E-state index is 11.3. The monoisotopic (exact) mass is 284 g/mol. The van der Waals surface area contributed by atoms with Gasteiger partial charge in [0, 0.05) is 0 Å². The average Bonchev–Trinajstić information content (AvgIpc) is 2.49. The third-order valence-electron chi connectivity index (χ3n) is 3.40. The Hall–Kier alpha value is -2.13. The van der Waals surface area contributed by atoms with Crippen molar-refractivity contribution >= 4 is 5.97 Å². The van der Waals surface area contributed by atoms with E-state index in [-0.39, 0.29) is 5.97 Å².